The molecule has 0 aromatic heterocycles. The standard InChI is InChI=1S/C16H21NO3/c1-16(19)7-8-17(12-16)11-13-5-6-15(20-2)14(10-13)4-3-9-18/h5-6,10,18-19H,7-9,11-12H2,1-2H3. The Morgan fingerprint density at radius 2 is 2.25 bits per heavy atom. The first-order valence-electron chi connectivity index (χ1n) is 6.75. The highest BCUT2D eigenvalue weighted by Crippen LogP contribution is 2.24. The summed E-state index contributed by atoms with van der Waals surface area (Å²) in [6, 6.07) is 5.88. The van der Waals surface area contributed by atoms with E-state index in [1.807, 2.05) is 25.1 Å². The quantitative estimate of drug-likeness (QED) is 0.808. The number of β-amino-alcohol motifs (C(OH)–C–C–N with tert-alkyl or cyclic N) is 1. The van der Waals surface area contributed by atoms with Crippen molar-refractivity contribution in [2.75, 3.05) is 26.8 Å². The molecule has 0 amide bonds. The second-order valence-corrected chi connectivity index (χ2v) is 5.45. The number of methoxy groups -OCH3 is 1. The molecule has 1 aromatic carbocycles. The summed E-state index contributed by atoms with van der Waals surface area (Å²) in [5.41, 5.74) is 1.34. The van der Waals surface area contributed by atoms with Crippen molar-refractivity contribution in [2.45, 2.75) is 25.5 Å². The third kappa shape index (κ3) is 3.73. The molecular formula is C16H21NO3. The van der Waals surface area contributed by atoms with E-state index in [2.05, 4.69) is 16.7 Å². The zero-order chi connectivity index (χ0) is 14.6. The molecule has 1 aromatic rings. The summed E-state index contributed by atoms with van der Waals surface area (Å²) >= 11 is 0. The van der Waals surface area contributed by atoms with Crippen LogP contribution in [0.5, 0.6) is 5.75 Å². The van der Waals surface area contributed by atoms with Gasteiger partial charge in [-0.2, -0.15) is 0 Å². The highest BCUT2D eigenvalue weighted by Gasteiger charge is 2.30. The van der Waals surface area contributed by atoms with Gasteiger partial charge in [-0.15, -0.1) is 0 Å². The number of aliphatic hydroxyl groups is 2. The van der Waals surface area contributed by atoms with Crippen molar-refractivity contribution >= 4 is 0 Å². The van der Waals surface area contributed by atoms with Gasteiger partial charge in [-0.1, -0.05) is 17.9 Å². The maximum atomic E-state index is 9.98. The molecule has 1 aliphatic rings. The van der Waals surface area contributed by atoms with Gasteiger partial charge in [0.05, 0.1) is 18.3 Å². The van der Waals surface area contributed by atoms with E-state index in [9.17, 15) is 5.11 Å². The minimum absolute atomic E-state index is 0.164. The Balaban J connectivity index is 2.13. The highest BCUT2D eigenvalue weighted by atomic mass is 16.5. The average molecular weight is 275 g/mol. The Hall–Kier alpha value is -1.54. The van der Waals surface area contributed by atoms with E-state index in [1.165, 1.54) is 0 Å². The number of likely N-dealkylation sites (tertiary alicyclic amines) is 1. The number of rotatable bonds is 3. The second-order valence-electron chi connectivity index (χ2n) is 5.45. The lowest BCUT2D eigenvalue weighted by molar-refractivity contribution is 0.0679. The smallest absolute Gasteiger partial charge is 0.134 e. The number of hydrogen-bond acceptors (Lipinski definition) is 4. The lowest BCUT2D eigenvalue weighted by Crippen LogP contribution is -2.29. The molecule has 20 heavy (non-hydrogen) atoms. The SMILES string of the molecule is COc1ccc(CN2CCC(C)(O)C2)cc1C#CCO. The summed E-state index contributed by atoms with van der Waals surface area (Å²) in [6.45, 7) is 4.09. The van der Waals surface area contributed by atoms with Gasteiger partial charge >= 0.3 is 0 Å². The molecule has 1 saturated heterocycles. The highest BCUT2D eigenvalue weighted by molar-refractivity contribution is 5.48. The number of ether oxygens (including phenoxy) is 1. The Kier molecular flexibility index (Phi) is 4.66. The van der Waals surface area contributed by atoms with Crippen LogP contribution in [-0.2, 0) is 6.54 Å². The first kappa shape index (κ1) is 14.9. The summed E-state index contributed by atoms with van der Waals surface area (Å²) in [7, 11) is 1.61. The van der Waals surface area contributed by atoms with E-state index in [-0.39, 0.29) is 6.61 Å². The number of hydrogen-bond donors (Lipinski definition) is 2. The van der Waals surface area contributed by atoms with Crippen molar-refractivity contribution in [3.63, 3.8) is 0 Å². The zero-order valence-electron chi connectivity index (χ0n) is 12.0. The van der Waals surface area contributed by atoms with Crippen molar-refractivity contribution in [2.24, 2.45) is 0 Å². The zero-order valence-corrected chi connectivity index (χ0v) is 12.0. The number of benzene rings is 1. The van der Waals surface area contributed by atoms with Gasteiger partial charge in [0.1, 0.15) is 12.4 Å². The van der Waals surface area contributed by atoms with Crippen LogP contribution in [0.15, 0.2) is 18.2 Å². The molecule has 1 aliphatic heterocycles. The maximum Gasteiger partial charge on any atom is 0.134 e. The van der Waals surface area contributed by atoms with E-state index >= 15 is 0 Å². The Morgan fingerprint density at radius 3 is 2.85 bits per heavy atom. The van der Waals surface area contributed by atoms with Crippen molar-refractivity contribution < 1.29 is 14.9 Å². The summed E-state index contributed by atoms with van der Waals surface area (Å²) in [5.74, 6) is 6.26. The van der Waals surface area contributed by atoms with Gasteiger partial charge in [-0.05, 0) is 31.0 Å². The molecule has 2 N–H and O–H groups in total. The average Bonchev–Trinajstić information content (AvgIpc) is 2.76. The number of aliphatic hydroxyl groups excluding tert-OH is 1. The van der Waals surface area contributed by atoms with E-state index in [1.54, 1.807) is 7.11 Å². The lowest BCUT2D eigenvalue weighted by Gasteiger charge is -2.19. The number of nitrogens with zero attached hydrogens (tertiary/aromatic N) is 1. The molecule has 0 spiro atoms. The van der Waals surface area contributed by atoms with Gasteiger partial charge in [0.15, 0.2) is 0 Å². The van der Waals surface area contributed by atoms with Crippen LogP contribution in [0.3, 0.4) is 0 Å². The molecular weight excluding hydrogens is 254 g/mol. The Labute approximate surface area is 120 Å². The summed E-state index contributed by atoms with van der Waals surface area (Å²) in [4.78, 5) is 2.23. The van der Waals surface area contributed by atoms with Crippen LogP contribution < -0.4 is 4.74 Å². The van der Waals surface area contributed by atoms with E-state index in [4.69, 9.17) is 9.84 Å². The normalized spacial score (nSPS) is 22.4. The molecule has 4 heteroatoms. The first-order valence-corrected chi connectivity index (χ1v) is 6.75. The van der Waals surface area contributed by atoms with E-state index in [0.717, 1.165) is 30.6 Å². The van der Waals surface area contributed by atoms with Crippen LogP contribution in [0.25, 0.3) is 0 Å². The van der Waals surface area contributed by atoms with Gasteiger partial charge < -0.3 is 14.9 Å². The molecule has 0 radical (unpaired) electrons. The van der Waals surface area contributed by atoms with Crippen molar-refractivity contribution in [3.8, 4) is 17.6 Å². The monoisotopic (exact) mass is 275 g/mol. The van der Waals surface area contributed by atoms with Gasteiger partial charge in [-0.3, -0.25) is 4.90 Å². The Bertz CT molecular complexity index is 528. The lowest BCUT2D eigenvalue weighted by atomic mass is 10.1. The summed E-state index contributed by atoms with van der Waals surface area (Å²) in [6.07, 6.45) is 0.806. The summed E-state index contributed by atoms with van der Waals surface area (Å²) < 4.78 is 5.26. The fraction of sp³-hybridized carbons (Fsp3) is 0.500. The minimum Gasteiger partial charge on any atom is -0.495 e. The van der Waals surface area contributed by atoms with E-state index < -0.39 is 5.60 Å². The first-order chi connectivity index (χ1) is 9.54. The third-order valence-electron chi connectivity index (χ3n) is 3.50. The van der Waals surface area contributed by atoms with Gasteiger partial charge in [0.2, 0.25) is 0 Å². The van der Waals surface area contributed by atoms with Crippen LogP contribution >= 0.6 is 0 Å². The molecule has 1 heterocycles. The molecule has 0 aliphatic carbocycles. The Morgan fingerprint density at radius 1 is 1.45 bits per heavy atom. The van der Waals surface area contributed by atoms with Crippen LogP contribution in [0.2, 0.25) is 0 Å². The van der Waals surface area contributed by atoms with Crippen LogP contribution in [0.4, 0.5) is 0 Å². The van der Waals surface area contributed by atoms with Crippen LogP contribution in [0.1, 0.15) is 24.5 Å². The fourth-order valence-corrected chi connectivity index (χ4v) is 2.52. The molecule has 108 valence electrons. The molecule has 0 bridgehead atoms. The van der Waals surface area contributed by atoms with Crippen molar-refractivity contribution in [1.29, 1.82) is 0 Å². The van der Waals surface area contributed by atoms with Crippen molar-refractivity contribution in [3.05, 3.63) is 29.3 Å². The van der Waals surface area contributed by atoms with Gasteiger partial charge in [0, 0.05) is 19.6 Å². The topological polar surface area (TPSA) is 52.9 Å². The predicted octanol–water partition coefficient (Wildman–Crippen LogP) is 0.996. The predicted molar refractivity (Wildman–Crippen MR) is 77.5 cm³/mol. The fourth-order valence-electron chi connectivity index (χ4n) is 2.52. The van der Waals surface area contributed by atoms with Gasteiger partial charge in [0.25, 0.3) is 0 Å². The molecule has 1 unspecified atom stereocenters. The molecule has 0 saturated carbocycles. The summed E-state index contributed by atoms with van der Waals surface area (Å²) in [5, 5.41) is 18.8. The second kappa shape index (κ2) is 6.27. The largest absolute Gasteiger partial charge is 0.495 e. The molecule has 1 atom stereocenters. The van der Waals surface area contributed by atoms with Crippen molar-refractivity contribution in [1.82, 2.24) is 4.90 Å². The maximum absolute atomic E-state index is 9.98. The van der Waals surface area contributed by atoms with Crippen LogP contribution in [-0.4, -0.2) is 47.5 Å². The molecule has 1 fully saturated rings. The molecule has 4 nitrogen and oxygen atoms in total. The molecule has 2 rings (SSSR count). The minimum atomic E-state index is -0.577. The third-order valence-corrected chi connectivity index (χ3v) is 3.50. The van der Waals surface area contributed by atoms with Crippen LogP contribution in [0, 0.1) is 11.8 Å². The van der Waals surface area contributed by atoms with Gasteiger partial charge in [-0.25, -0.2) is 0 Å². The van der Waals surface area contributed by atoms with E-state index in [0.29, 0.717) is 12.3 Å².